The maximum atomic E-state index is 5.74. The number of rotatable bonds is 6. The highest BCUT2D eigenvalue weighted by Gasteiger charge is 2.17. The zero-order valence-electron chi connectivity index (χ0n) is 11.2. The van der Waals surface area contributed by atoms with E-state index < -0.39 is 0 Å². The van der Waals surface area contributed by atoms with Gasteiger partial charge in [-0.3, -0.25) is 16.0 Å². The van der Waals surface area contributed by atoms with Gasteiger partial charge in [0.1, 0.15) is 0 Å². The molecule has 0 fully saturated rings. The number of nitrogens with two attached hydrogens (primary N) is 1. The molecule has 1 unspecified atom stereocenters. The number of aromatic nitrogens is 2. The first-order valence-electron chi connectivity index (χ1n) is 6.44. The first-order valence-corrected chi connectivity index (χ1v) is 8.05. The monoisotopic (exact) mass is 342 g/mol. The van der Waals surface area contributed by atoms with Crippen LogP contribution in [0.25, 0.3) is 0 Å². The van der Waals surface area contributed by atoms with Gasteiger partial charge >= 0.3 is 0 Å². The second-order valence-electron chi connectivity index (χ2n) is 4.36. The number of hydrogen-bond acceptors (Lipinski definition) is 4. The fourth-order valence-electron chi connectivity index (χ4n) is 2.10. The Labute approximate surface area is 126 Å². The van der Waals surface area contributed by atoms with E-state index in [0.717, 1.165) is 34.6 Å². The zero-order valence-corrected chi connectivity index (χ0v) is 13.6. The molecule has 0 aliphatic rings. The summed E-state index contributed by atoms with van der Waals surface area (Å²) in [6, 6.07) is 6.45. The van der Waals surface area contributed by atoms with Crippen molar-refractivity contribution in [2.75, 3.05) is 0 Å². The molecule has 2 heterocycles. The molecule has 104 valence electrons. The molecule has 2 aromatic heterocycles. The van der Waals surface area contributed by atoms with Crippen LogP contribution in [0.15, 0.2) is 22.0 Å². The van der Waals surface area contributed by atoms with Crippen LogP contribution in [0.5, 0.6) is 0 Å². The van der Waals surface area contributed by atoms with Crippen LogP contribution in [-0.2, 0) is 19.4 Å². The molecule has 0 aliphatic heterocycles. The minimum Gasteiger partial charge on any atom is -0.271 e. The molecule has 0 aromatic carbocycles. The molecule has 0 aliphatic carbocycles. The minimum absolute atomic E-state index is 0.0956. The third kappa shape index (κ3) is 3.45. The lowest BCUT2D eigenvalue weighted by molar-refractivity contribution is 0.492. The second-order valence-corrected chi connectivity index (χ2v) is 6.91. The SMILES string of the molecule is CCc1cc(C(Cc2ccc(Br)s2)NN)n(CC)n1. The Kier molecular flexibility index (Phi) is 5.15. The van der Waals surface area contributed by atoms with Crippen LogP contribution < -0.4 is 11.3 Å². The van der Waals surface area contributed by atoms with Crippen molar-refractivity contribution >= 4 is 27.3 Å². The van der Waals surface area contributed by atoms with E-state index in [1.54, 1.807) is 11.3 Å². The molecule has 3 N–H and O–H groups in total. The van der Waals surface area contributed by atoms with E-state index in [4.69, 9.17) is 5.84 Å². The highest BCUT2D eigenvalue weighted by atomic mass is 79.9. The summed E-state index contributed by atoms with van der Waals surface area (Å²) in [7, 11) is 0. The summed E-state index contributed by atoms with van der Waals surface area (Å²) >= 11 is 5.24. The highest BCUT2D eigenvalue weighted by molar-refractivity contribution is 9.11. The molecule has 2 rings (SSSR count). The number of nitrogens with zero attached hydrogens (tertiary/aromatic N) is 2. The molecule has 2 aromatic rings. The summed E-state index contributed by atoms with van der Waals surface area (Å²) in [6.07, 6.45) is 1.82. The van der Waals surface area contributed by atoms with E-state index in [9.17, 15) is 0 Å². The van der Waals surface area contributed by atoms with E-state index in [2.05, 4.69) is 58.5 Å². The van der Waals surface area contributed by atoms with E-state index in [1.807, 2.05) is 4.68 Å². The lowest BCUT2D eigenvalue weighted by Crippen LogP contribution is -2.31. The standard InChI is InChI=1S/C13H19BrN4S/c1-3-9-7-12(18(4-2)17-9)11(16-15)8-10-5-6-13(14)19-10/h5-7,11,16H,3-4,8,15H2,1-2H3. The summed E-state index contributed by atoms with van der Waals surface area (Å²) in [6.45, 7) is 5.08. The molecule has 0 spiro atoms. The quantitative estimate of drug-likeness (QED) is 0.626. The number of hydrogen-bond donors (Lipinski definition) is 2. The summed E-state index contributed by atoms with van der Waals surface area (Å²) in [5.41, 5.74) is 5.19. The van der Waals surface area contributed by atoms with Gasteiger partial charge in [0.25, 0.3) is 0 Å². The third-order valence-corrected chi connectivity index (χ3v) is 4.76. The molecular weight excluding hydrogens is 324 g/mol. The topological polar surface area (TPSA) is 55.9 Å². The predicted octanol–water partition coefficient (Wildman–Crippen LogP) is 3.04. The van der Waals surface area contributed by atoms with Gasteiger partial charge in [-0.25, -0.2) is 0 Å². The lowest BCUT2D eigenvalue weighted by atomic mass is 10.1. The summed E-state index contributed by atoms with van der Waals surface area (Å²) < 4.78 is 3.18. The van der Waals surface area contributed by atoms with Crippen molar-refractivity contribution in [1.82, 2.24) is 15.2 Å². The van der Waals surface area contributed by atoms with Gasteiger partial charge < -0.3 is 0 Å². The van der Waals surface area contributed by atoms with Crippen LogP contribution in [0, 0.1) is 0 Å². The van der Waals surface area contributed by atoms with Crippen LogP contribution in [0.4, 0.5) is 0 Å². The Morgan fingerprint density at radius 2 is 2.26 bits per heavy atom. The molecule has 0 radical (unpaired) electrons. The van der Waals surface area contributed by atoms with E-state index in [0.29, 0.717) is 0 Å². The Bertz CT molecular complexity index is 534. The molecule has 0 bridgehead atoms. The molecule has 4 nitrogen and oxygen atoms in total. The number of halogens is 1. The van der Waals surface area contributed by atoms with Crippen LogP contribution in [0.2, 0.25) is 0 Å². The van der Waals surface area contributed by atoms with Crippen LogP contribution >= 0.6 is 27.3 Å². The first kappa shape index (κ1) is 14.7. The van der Waals surface area contributed by atoms with Gasteiger partial charge in [-0.15, -0.1) is 11.3 Å². The molecule has 0 amide bonds. The maximum absolute atomic E-state index is 5.74. The molecule has 0 saturated heterocycles. The van der Waals surface area contributed by atoms with Crippen molar-refractivity contribution in [2.24, 2.45) is 5.84 Å². The fraction of sp³-hybridized carbons (Fsp3) is 0.462. The van der Waals surface area contributed by atoms with Gasteiger partial charge in [-0.05, 0) is 47.5 Å². The van der Waals surface area contributed by atoms with Crippen molar-refractivity contribution in [2.45, 2.75) is 39.3 Å². The predicted molar refractivity (Wildman–Crippen MR) is 83.1 cm³/mol. The van der Waals surface area contributed by atoms with E-state index in [1.165, 1.54) is 4.88 Å². The average Bonchev–Trinajstić information content (AvgIpc) is 3.01. The molecular formula is C13H19BrN4S. The molecule has 6 heteroatoms. The summed E-state index contributed by atoms with van der Waals surface area (Å²) in [5.74, 6) is 5.74. The maximum Gasteiger partial charge on any atom is 0.0701 e. The van der Waals surface area contributed by atoms with Gasteiger partial charge in [-0.1, -0.05) is 6.92 Å². The zero-order chi connectivity index (χ0) is 13.8. The Balaban J connectivity index is 2.23. The van der Waals surface area contributed by atoms with Gasteiger partial charge in [0, 0.05) is 17.8 Å². The third-order valence-electron chi connectivity index (χ3n) is 3.12. The largest absolute Gasteiger partial charge is 0.271 e. The first-order chi connectivity index (χ1) is 9.17. The molecule has 1 atom stereocenters. The molecule has 0 saturated carbocycles. The Morgan fingerprint density at radius 3 is 2.79 bits per heavy atom. The van der Waals surface area contributed by atoms with E-state index >= 15 is 0 Å². The molecule has 19 heavy (non-hydrogen) atoms. The summed E-state index contributed by atoms with van der Waals surface area (Å²) in [4.78, 5) is 1.30. The van der Waals surface area contributed by atoms with E-state index in [-0.39, 0.29) is 6.04 Å². The number of nitrogens with one attached hydrogen (secondary N) is 1. The van der Waals surface area contributed by atoms with Crippen LogP contribution in [-0.4, -0.2) is 9.78 Å². The fourth-order valence-corrected chi connectivity index (χ4v) is 3.63. The normalized spacial score (nSPS) is 12.8. The Hall–Kier alpha value is -0.690. The van der Waals surface area contributed by atoms with Gasteiger partial charge in [0.2, 0.25) is 0 Å². The second kappa shape index (κ2) is 6.65. The van der Waals surface area contributed by atoms with Crippen molar-refractivity contribution in [3.8, 4) is 0 Å². The van der Waals surface area contributed by atoms with Gasteiger partial charge in [0.15, 0.2) is 0 Å². The lowest BCUT2D eigenvalue weighted by Gasteiger charge is -2.16. The number of aryl methyl sites for hydroxylation is 2. The highest BCUT2D eigenvalue weighted by Crippen LogP contribution is 2.27. The van der Waals surface area contributed by atoms with Gasteiger partial charge in [0.05, 0.1) is 21.2 Å². The smallest absolute Gasteiger partial charge is 0.0701 e. The van der Waals surface area contributed by atoms with Crippen molar-refractivity contribution in [3.05, 3.63) is 38.3 Å². The van der Waals surface area contributed by atoms with Crippen LogP contribution in [0.3, 0.4) is 0 Å². The average molecular weight is 343 g/mol. The van der Waals surface area contributed by atoms with Crippen molar-refractivity contribution < 1.29 is 0 Å². The minimum atomic E-state index is 0.0956. The van der Waals surface area contributed by atoms with Gasteiger partial charge in [-0.2, -0.15) is 5.10 Å². The van der Waals surface area contributed by atoms with Crippen molar-refractivity contribution in [1.29, 1.82) is 0 Å². The number of thiophene rings is 1. The number of hydrazine groups is 1. The van der Waals surface area contributed by atoms with Crippen LogP contribution in [0.1, 0.15) is 36.2 Å². The van der Waals surface area contributed by atoms with Crippen molar-refractivity contribution in [3.63, 3.8) is 0 Å². The summed E-state index contributed by atoms with van der Waals surface area (Å²) in [5, 5.41) is 4.58. The Morgan fingerprint density at radius 1 is 1.47 bits per heavy atom.